The molecule has 0 aliphatic carbocycles. The summed E-state index contributed by atoms with van der Waals surface area (Å²) in [4.78, 5) is 10.1. The van der Waals surface area contributed by atoms with Crippen LogP contribution in [-0.2, 0) is 6.42 Å². The number of rotatable bonds is 6. The summed E-state index contributed by atoms with van der Waals surface area (Å²) >= 11 is 5.08. The van der Waals surface area contributed by atoms with Crippen LogP contribution >= 0.6 is 12.2 Å². The van der Waals surface area contributed by atoms with Gasteiger partial charge in [-0.2, -0.15) is 14.9 Å². The first-order chi connectivity index (χ1) is 10.9. The molecule has 1 aromatic heterocycles. The first kappa shape index (κ1) is 16.6. The molecule has 0 spiro atoms. The average molecular weight is 337 g/mol. The standard InChI is InChI=1S/C13H15N5O4S/c1-2-3-4-12-15-16-13(23)17(12)14-7-8-5-9(18(21)22)11(20)6-10(8)19/h5-7,19-20H,2-4H2,1H3,(H,16,23)/b14-7+. The molecule has 0 unspecified atom stereocenters. The second kappa shape index (κ2) is 7.01. The monoisotopic (exact) mass is 337 g/mol. The van der Waals surface area contributed by atoms with Gasteiger partial charge in [-0.15, -0.1) is 0 Å². The fourth-order valence-corrected chi connectivity index (χ4v) is 2.09. The number of H-pyrrole nitrogens is 1. The van der Waals surface area contributed by atoms with Gasteiger partial charge in [0.15, 0.2) is 11.6 Å². The smallest absolute Gasteiger partial charge is 0.311 e. The van der Waals surface area contributed by atoms with E-state index in [1.54, 1.807) is 0 Å². The molecule has 10 heteroatoms. The quantitative estimate of drug-likeness (QED) is 0.321. The molecule has 2 rings (SSSR count). The van der Waals surface area contributed by atoms with Crippen molar-refractivity contribution in [3.05, 3.63) is 38.4 Å². The number of unbranched alkanes of at least 4 members (excludes halogenated alkanes) is 1. The van der Waals surface area contributed by atoms with Gasteiger partial charge in [0.2, 0.25) is 4.77 Å². The zero-order valence-corrected chi connectivity index (χ0v) is 13.1. The molecule has 9 nitrogen and oxygen atoms in total. The summed E-state index contributed by atoms with van der Waals surface area (Å²) in [5.74, 6) is -0.323. The molecule has 0 aliphatic heterocycles. The highest BCUT2D eigenvalue weighted by molar-refractivity contribution is 7.71. The highest BCUT2D eigenvalue weighted by atomic mass is 32.1. The number of benzene rings is 1. The van der Waals surface area contributed by atoms with Gasteiger partial charge in [0.05, 0.1) is 11.1 Å². The van der Waals surface area contributed by atoms with E-state index in [1.165, 1.54) is 10.9 Å². The lowest BCUT2D eigenvalue weighted by Gasteiger charge is -2.02. The molecule has 3 N–H and O–H groups in total. The van der Waals surface area contributed by atoms with Crippen molar-refractivity contribution in [3.63, 3.8) is 0 Å². The van der Waals surface area contributed by atoms with Crippen molar-refractivity contribution in [2.24, 2.45) is 5.10 Å². The second-order valence-electron chi connectivity index (χ2n) is 4.76. The minimum absolute atomic E-state index is 0.0824. The van der Waals surface area contributed by atoms with Gasteiger partial charge in [0.1, 0.15) is 5.75 Å². The predicted octanol–water partition coefficient (Wildman–Crippen LogP) is 2.48. The van der Waals surface area contributed by atoms with Crippen LogP contribution in [0.15, 0.2) is 17.2 Å². The number of aromatic nitrogens is 3. The zero-order chi connectivity index (χ0) is 17.0. The molecular formula is C13H15N5O4S. The lowest BCUT2D eigenvalue weighted by atomic mass is 10.2. The topological polar surface area (TPSA) is 130 Å². The van der Waals surface area contributed by atoms with Crippen molar-refractivity contribution in [1.29, 1.82) is 0 Å². The Morgan fingerprint density at radius 2 is 2.22 bits per heavy atom. The molecule has 0 bridgehead atoms. The van der Waals surface area contributed by atoms with Gasteiger partial charge < -0.3 is 10.2 Å². The third-order valence-electron chi connectivity index (χ3n) is 3.10. The zero-order valence-electron chi connectivity index (χ0n) is 12.3. The Labute approximate surface area is 136 Å². The summed E-state index contributed by atoms with van der Waals surface area (Å²) in [7, 11) is 0. The number of nitrogens with zero attached hydrogens (tertiary/aromatic N) is 4. The van der Waals surface area contributed by atoms with Gasteiger partial charge in [-0.1, -0.05) is 13.3 Å². The van der Waals surface area contributed by atoms with Crippen molar-refractivity contribution in [1.82, 2.24) is 14.9 Å². The van der Waals surface area contributed by atoms with Gasteiger partial charge in [-0.25, -0.2) is 0 Å². The molecule has 0 amide bonds. The van der Waals surface area contributed by atoms with Gasteiger partial charge >= 0.3 is 5.69 Å². The number of nitrogens with one attached hydrogen (secondary N) is 1. The summed E-state index contributed by atoms with van der Waals surface area (Å²) in [6, 6.07) is 1.93. The highest BCUT2D eigenvalue weighted by Crippen LogP contribution is 2.32. The van der Waals surface area contributed by atoms with Crippen molar-refractivity contribution in [2.45, 2.75) is 26.2 Å². The maximum absolute atomic E-state index is 10.8. The lowest BCUT2D eigenvalue weighted by molar-refractivity contribution is -0.385. The number of aryl methyl sites for hydroxylation is 1. The first-order valence-corrected chi connectivity index (χ1v) is 7.26. The number of phenols is 2. The average Bonchev–Trinajstić information content (AvgIpc) is 2.84. The Hall–Kier alpha value is -2.75. The largest absolute Gasteiger partial charge is 0.507 e. The van der Waals surface area contributed by atoms with Gasteiger partial charge in [0.25, 0.3) is 0 Å². The molecule has 0 radical (unpaired) electrons. The SMILES string of the molecule is CCCCc1n[nH]c(=S)n1/N=C/c1cc([N+](=O)[O-])c(O)cc1O. The van der Waals surface area contributed by atoms with Crippen LogP contribution < -0.4 is 0 Å². The minimum Gasteiger partial charge on any atom is -0.507 e. The maximum Gasteiger partial charge on any atom is 0.311 e. The Bertz CT molecular complexity index is 811. The second-order valence-corrected chi connectivity index (χ2v) is 5.15. The molecule has 23 heavy (non-hydrogen) atoms. The van der Waals surface area contributed by atoms with Crippen LogP contribution in [0.1, 0.15) is 31.2 Å². The van der Waals surface area contributed by atoms with E-state index >= 15 is 0 Å². The molecule has 2 aromatic rings. The van der Waals surface area contributed by atoms with E-state index in [1.807, 2.05) is 6.92 Å². The Balaban J connectivity index is 2.38. The number of aromatic hydroxyl groups is 2. The molecular weight excluding hydrogens is 322 g/mol. The summed E-state index contributed by atoms with van der Waals surface area (Å²) in [6.07, 6.45) is 3.78. The number of nitro groups is 1. The number of hydrogen-bond donors (Lipinski definition) is 3. The van der Waals surface area contributed by atoms with Crippen molar-refractivity contribution in [2.75, 3.05) is 0 Å². The molecule has 0 aliphatic rings. The van der Waals surface area contributed by atoms with Crippen LogP contribution in [0.25, 0.3) is 0 Å². The normalized spacial score (nSPS) is 11.2. The molecule has 0 atom stereocenters. The molecule has 0 fully saturated rings. The van der Waals surface area contributed by atoms with E-state index in [-0.39, 0.29) is 16.1 Å². The predicted molar refractivity (Wildman–Crippen MR) is 85.4 cm³/mol. The van der Waals surface area contributed by atoms with Crippen molar-refractivity contribution < 1.29 is 15.1 Å². The van der Waals surface area contributed by atoms with Crippen molar-refractivity contribution >= 4 is 24.1 Å². The van der Waals surface area contributed by atoms with Crippen LogP contribution in [0.5, 0.6) is 11.5 Å². The van der Waals surface area contributed by atoms with E-state index in [0.29, 0.717) is 12.2 Å². The van der Waals surface area contributed by atoms with Gasteiger partial charge in [-0.3, -0.25) is 15.2 Å². The maximum atomic E-state index is 10.8. The third kappa shape index (κ3) is 3.72. The molecule has 0 saturated heterocycles. The highest BCUT2D eigenvalue weighted by Gasteiger charge is 2.16. The van der Waals surface area contributed by atoms with Crippen LogP contribution in [0.3, 0.4) is 0 Å². The van der Waals surface area contributed by atoms with Crippen LogP contribution in [0, 0.1) is 14.9 Å². The van der Waals surface area contributed by atoms with E-state index in [0.717, 1.165) is 25.0 Å². The van der Waals surface area contributed by atoms with E-state index in [2.05, 4.69) is 15.3 Å². The third-order valence-corrected chi connectivity index (χ3v) is 3.37. The van der Waals surface area contributed by atoms with Crippen LogP contribution in [0.2, 0.25) is 0 Å². The fraction of sp³-hybridized carbons (Fsp3) is 0.308. The summed E-state index contributed by atoms with van der Waals surface area (Å²) < 4.78 is 1.67. The van der Waals surface area contributed by atoms with Gasteiger partial charge in [-0.05, 0) is 18.6 Å². The lowest BCUT2D eigenvalue weighted by Crippen LogP contribution is -1.99. The molecule has 1 heterocycles. The number of nitro benzene ring substituents is 1. The Morgan fingerprint density at radius 1 is 1.48 bits per heavy atom. The number of phenolic OH excluding ortho intramolecular Hbond substituents is 2. The Kier molecular flexibility index (Phi) is 5.06. The molecule has 0 saturated carbocycles. The first-order valence-electron chi connectivity index (χ1n) is 6.85. The number of hydrogen-bond acceptors (Lipinski definition) is 7. The van der Waals surface area contributed by atoms with E-state index in [4.69, 9.17) is 12.2 Å². The molecule has 1 aromatic carbocycles. The van der Waals surface area contributed by atoms with Crippen molar-refractivity contribution in [3.8, 4) is 11.5 Å². The summed E-state index contributed by atoms with van der Waals surface area (Å²) in [5, 5.41) is 40.8. The summed E-state index contributed by atoms with van der Waals surface area (Å²) in [6.45, 7) is 2.04. The van der Waals surface area contributed by atoms with Crippen LogP contribution in [-0.4, -0.2) is 36.2 Å². The van der Waals surface area contributed by atoms with Gasteiger partial charge in [0, 0.05) is 24.1 Å². The molecule has 122 valence electrons. The Morgan fingerprint density at radius 3 is 2.87 bits per heavy atom. The van der Waals surface area contributed by atoms with Crippen LogP contribution in [0.4, 0.5) is 5.69 Å². The summed E-state index contributed by atoms with van der Waals surface area (Å²) in [5.41, 5.74) is -0.440. The fourth-order valence-electron chi connectivity index (χ4n) is 1.89. The number of aromatic amines is 1. The minimum atomic E-state index is -0.748. The van der Waals surface area contributed by atoms with E-state index < -0.39 is 16.4 Å². The van der Waals surface area contributed by atoms with E-state index in [9.17, 15) is 20.3 Å².